The van der Waals surface area contributed by atoms with Crippen molar-refractivity contribution in [2.24, 2.45) is 0 Å². The van der Waals surface area contributed by atoms with Gasteiger partial charge < -0.3 is 15.0 Å². The van der Waals surface area contributed by atoms with Crippen LogP contribution in [0.25, 0.3) is 0 Å². The number of thiazole rings is 1. The minimum Gasteiger partial charge on any atom is -0.487 e. The summed E-state index contributed by atoms with van der Waals surface area (Å²) in [6.07, 6.45) is 7.35. The molecule has 4 rings (SSSR count). The zero-order valence-corrected chi connectivity index (χ0v) is 17.3. The van der Waals surface area contributed by atoms with Gasteiger partial charge in [-0.3, -0.25) is 4.79 Å². The van der Waals surface area contributed by atoms with Gasteiger partial charge in [0.05, 0.1) is 10.7 Å². The fourth-order valence-corrected chi connectivity index (χ4v) is 4.93. The van der Waals surface area contributed by atoms with Crippen molar-refractivity contribution < 1.29 is 9.53 Å². The van der Waals surface area contributed by atoms with E-state index in [9.17, 15) is 4.79 Å². The van der Waals surface area contributed by atoms with Crippen molar-refractivity contribution in [3.8, 4) is 5.75 Å². The average molecular weight is 400 g/mol. The highest BCUT2D eigenvalue weighted by Crippen LogP contribution is 2.27. The van der Waals surface area contributed by atoms with Crippen molar-refractivity contribution in [3.05, 3.63) is 45.9 Å². The first-order chi connectivity index (χ1) is 13.7. The lowest BCUT2D eigenvalue weighted by atomic mass is 10.1. The Bertz CT molecular complexity index is 801. The Balaban J connectivity index is 1.29. The molecule has 1 aromatic heterocycles. The van der Waals surface area contributed by atoms with Crippen molar-refractivity contribution in [2.75, 3.05) is 13.1 Å². The Morgan fingerprint density at radius 2 is 2.14 bits per heavy atom. The summed E-state index contributed by atoms with van der Waals surface area (Å²) in [5.41, 5.74) is 1.58. The summed E-state index contributed by atoms with van der Waals surface area (Å²) in [6, 6.07) is 8.36. The van der Waals surface area contributed by atoms with Crippen LogP contribution in [0.5, 0.6) is 5.75 Å². The second-order valence-electron chi connectivity index (χ2n) is 7.91. The van der Waals surface area contributed by atoms with Gasteiger partial charge in [0.2, 0.25) is 0 Å². The van der Waals surface area contributed by atoms with Gasteiger partial charge in [0, 0.05) is 23.0 Å². The van der Waals surface area contributed by atoms with Crippen LogP contribution in [0, 0.1) is 6.92 Å². The number of rotatable bonds is 6. The van der Waals surface area contributed by atoms with Crippen LogP contribution < -0.4 is 10.1 Å². The normalized spacial score (nSPS) is 22.9. The molecule has 0 radical (unpaired) electrons. The number of ether oxygens (including phenoxy) is 1. The van der Waals surface area contributed by atoms with E-state index in [2.05, 4.69) is 15.2 Å². The summed E-state index contributed by atoms with van der Waals surface area (Å²) >= 11 is 1.62. The molecule has 1 saturated heterocycles. The van der Waals surface area contributed by atoms with Crippen LogP contribution in [0.1, 0.15) is 59.6 Å². The highest BCUT2D eigenvalue weighted by atomic mass is 32.1. The summed E-state index contributed by atoms with van der Waals surface area (Å²) in [5.74, 6) is 0.704. The van der Waals surface area contributed by atoms with Gasteiger partial charge in [-0.15, -0.1) is 11.3 Å². The lowest BCUT2D eigenvalue weighted by Gasteiger charge is -2.32. The molecule has 1 aromatic carbocycles. The molecule has 2 aromatic rings. The van der Waals surface area contributed by atoms with E-state index in [-0.39, 0.29) is 11.9 Å². The van der Waals surface area contributed by atoms with Crippen LogP contribution in [0.2, 0.25) is 0 Å². The number of piperidine rings is 1. The Labute approximate surface area is 171 Å². The van der Waals surface area contributed by atoms with Crippen LogP contribution in [-0.2, 0) is 6.61 Å². The van der Waals surface area contributed by atoms with Crippen LogP contribution >= 0.6 is 11.3 Å². The lowest BCUT2D eigenvalue weighted by Crippen LogP contribution is -2.39. The number of carbonyl (C=O) groups excluding carboxylic acids is 1. The predicted molar refractivity (Wildman–Crippen MR) is 112 cm³/mol. The number of hydrogen-bond donors (Lipinski definition) is 1. The third-order valence-corrected chi connectivity index (χ3v) is 6.62. The summed E-state index contributed by atoms with van der Waals surface area (Å²) in [6.45, 7) is 4.86. The fraction of sp³-hybridized carbons (Fsp3) is 0.545. The van der Waals surface area contributed by atoms with Gasteiger partial charge in [-0.05, 0) is 70.3 Å². The Kier molecular flexibility index (Phi) is 6.27. The number of aromatic nitrogens is 1. The first-order valence-electron chi connectivity index (χ1n) is 10.4. The molecule has 6 heteroatoms. The summed E-state index contributed by atoms with van der Waals surface area (Å²) < 4.78 is 5.82. The number of aryl methyl sites for hydroxylation is 1. The molecule has 0 bridgehead atoms. The van der Waals surface area contributed by atoms with E-state index >= 15 is 0 Å². The molecule has 1 aliphatic heterocycles. The van der Waals surface area contributed by atoms with Gasteiger partial charge in [0.1, 0.15) is 12.4 Å². The van der Waals surface area contributed by atoms with Gasteiger partial charge >= 0.3 is 0 Å². The smallest absolute Gasteiger partial charge is 0.251 e. The number of hydrogen-bond acceptors (Lipinski definition) is 5. The van der Waals surface area contributed by atoms with Crippen molar-refractivity contribution in [2.45, 2.75) is 64.1 Å². The zero-order chi connectivity index (χ0) is 19.3. The number of likely N-dealkylation sites (tertiary alicyclic amines) is 1. The van der Waals surface area contributed by atoms with Crippen molar-refractivity contribution in [3.63, 3.8) is 0 Å². The molecule has 2 heterocycles. The maximum atomic E-state index is 12.7. The van der Waals surface area contributed by atoms with Gasteiger partial charge in [0.25, 0.3) is 5.91 Å². The highest BCUT2D eigenvalue weighted by molar-refractivity contribution is 7.09. The van der Waals surface area contributed by atoms with Crippen LogP contribution in [0.3, 0.4) is 0 Å². The van der Waals surface area contributed by atoms with E-state index in [0.29, 0.717) is 24.0 Å². The molecular formula is C22H29N3O2S. The van der Waals surface area contributed by atoms with Crippen LogP contribution in [0.15, 0.2) is 29.6 Å². The van der Waals surface area contributed by atoms with Crippen LogP contribution in [0.4, 0.5) is 0 Å². The van der Waals surface area contributed by atoms with Gasteiger partial charge in [-0.1, -0.05) is 12.5 Å². The minimum atomic E-state index is -0.000697. The number of carbonyl (C=O) groups is 1. The molecular weight excluding hydrogens is 370 g/mol. The second kappa shape index (κ2) is 9.05. The summed E-state index contributed by atoms with van der Waals surface area (Å²) in [5, 5.41) is 6.27. The molecule has 1 aliphatic carbocycles. The topological polar surface area (TPSA) is 54.5 Å². The molecule has 0 spiro atoms. The maximum absolute atomic E-state index is 12.7. The third kappa shape index (κ3) is 4.92. The van der Waals surface area contributed by atoms with E-state index in [1.54, 1.807) is 11.3 Å². The first kappa shape index (κ1) is 19.4. The van der Waals surface area contributed by atoms with Gasteiger partial charge in [-0.25, -0.2) is 4.98 Å². The molecule has 28 heavy (non-hydrogen) atoms. The third-order valence-electron chi connectivity index (χ3n) is 5.80. The second-order valence-corrected chi connectivity index (χ2v) is 8.97. The summed E-state index contributed by atoms with van der Waals surface area (Å²) in [7, 11) is 0. The van der Waals surface area contributed by atoms with E-state index in [1.165, 1.54) is 38.8 Å². The first-order valence-corrected chi connectivity index (χ1v) is 11.2. The Morgan fingerprint density at radius 1 is 1.29 bits per heavy atom. The average Bonchev–Trinajstić information content (AvgIpc) is 3.36. The van der Waals surface area contributed by atoms with Crippen molar-refractivity contribution in [1.29, 1.82) is 0 Å². The van der Waals surface area contributed by atoms with E-state index < -0.39 is 0 Å². The van der Waals surface area contributed by atoms with Crippen molar-refractivity contribution >= 4 is 17.2 Å². The Hall–Kier alpha value is -1.92. The minimum absolute atomic E-state index is 0.000697. The molecule has 2 aliphatic rings. The zero-order valence-electron chi connectivity index (χ0n) is 16.5. The van der Waals surface area contributed by atoms with E-state index in [1.807, 2.05) is 36.6 Å². The predicted octanol–water partition coefficient (Wildman–Crippen LogP) is 4.17. The largest absolute Gasteiger partial charge is 0.487 e. The van der Waals surface area contributed by atoms with E-state index in [0.717, 1.165) is 23.5 Å². The fourth-order valence-electron chi connectivity index (χ4n) is 4.33. The number of nitrogens with zero attached hydrogens (tertiary/aromatic N) is 2. The SMILES string of the molecule is Cc1nc(COc2cccc(C(=O)N[C@H]3CC[C@H](N4CCCCC4)C3)c2)cs1. The van der Waals surface area contributed by atoms with E-state index in [4.69, 9.17) is 4.74 Å². The molecule has 1 N–H and O–H groups in total. The molecule has 0 unspecified atom stereocenters. The highest BCUT2D eigenvalue weighted by Gasteiger charge is 2.30. The molecule has 1 saturated carbocycles. The lowest BCUT2D eigenvalue weighted by molar-refractivity contribution is 0.0933. The quantitative estimate of drug-likeness (QED) is 0.792. The van der Waals surface area contributed by atoms with Gasteiger partial charge in [-0.2, -0.15) is 0 Å². The molecule has 2 fully saturated rings. The van der Waals surface area contributed by atoms with Crippen molar-refractivity contribution in [1.82, 2.24) is 15.2 Å². The van der Waals surface area contributed by atoms with Crippen LogP contribution in [-0.4, -0.2) is 41.0 Å². The molecule has 150 valence electrons. The molecule has 5 nitrogen and oxygen atoms in total. The number of amides is 1. The Morgan fingerprint density at radius 3 is 2.93 bits per heavy atom. The monoisotopic (exact) mass is 399 g/mol. The number of benzene rings is 1. The standard InChI is InChI=1S/C22H29N3O2S/c1-16-23-19(15-28-16)14-27-21-7-5-6-17(12-21)22(26)24-18-8-9-20(13-18)25-10-3-2-4-11-25/h5-7,12,15,18,20H,2-4,8-11,13-14H2,1H3,(H,24,26)/t18-,20-/m0/s1. The summed E-state index contributed by atoms with van der Waals surface area (Å²) in [4.78, 5) is 19.8. The number of nitrogens with one attached hydrogen (secondary N) is 1. The molecule has 1 amide bonds. The maximum Gasteiger partial charge on any atom is 0.251 e. The van der Waals surface area contributed by atoms with Gasteiger partial charge in [0.15, 0.2) is 0 Å². The molecule has 2 atom stereocenters.